The number of hydrazine groups is 1. The molecule has 1 aliphatic rings. The van der Waals surface area contributed by atoms with E-state index in [2.05, 4.69) is 52.1 Å². The van der Waals surface area contributed by atoms with Gasteiger partial charge in [-0.3, -0.25) is 11.3 Å². The monoisotopic (exact) mass is 269 g/mol. The number of hydrogen-bond donors (Lipinski definition) is 2. The van der Waals surface area contributed by atoms with Gasteiger partial charge >= 0.3 is 0 Å². The Morgan fingerprint density at radius 3 is 1.89 bits per heavy atom. The lowest BCUT2D eigenvalue weighted by molar-refractivity contribution is 0.0338. The van der Waals surface area contributed by atoms with Gasteiger partial charge in [0, 0.05) is 11.6 Å². The van der Waals surface area contributed by atoms with Crippen molar-refractivity contribution in [1.82, 2.24) is 10.3 Å². The predicted octanol–water partition coefficient (Wildman–Crippen LogP) is 3.01. The second kappa shape index (κ2) is 7.05. The van der Waals surface area contributed by atoms with E-state index in [4.69, 9.17) is 5.84 Å². The maximum Gasteiger partial charge on any atom is 0.0422 e. The van der Waals surface area contributed by atoms with Gasteiger partial charge in [-0.25, -0.2) is 0 Å². The molecule has 0 amide bonds. The number of nitrogens with one attached hydrogen (secondary N) is 1. The molecular formula is C16H35N3. The molecule has 3 N–H and O–H groups in total. The fourth-order valence-corrected chi connectivity index (χ4v) is 4.61. The standard InChI is InChI=1S/C16H35N3/c1-7-16(8-2,19(5)6)15(18-17)14-10-12(3)9-13(4)11-14/h12-15,18H,7-11,17H2,1-6H3. The van der Waals surface area contributed by atoms with Crippen molar-refractivity contribution in [2.24, 2.45) is 23.6 Å². The molecule has 3 unspecified atom stereocenters. The van der Waals surface area contributed by atoms with Crippen molar-refractivity contribution in [1.29, 1.82) is 0 Å². The first kappa shape index (κ1) is 16.9. The molecular weight excluding hydrogens is 234 g/mol. The highest BCUT2D eigenvalue weighted by Gasteiger charge is 2.43. The number of nitrogens with zero attached hydrogens (tertiary/aromatic N) is 1. The summed E-state index contributed by atoms with van der Waals surface area (Å²) >= 11 is 0. The van der Waals surface area contributed by atoms with Gasteiger partial charge in [0.1, 0.15) is 0 Å². The highest BCUT2D eigenvalue weighted by atomic mass is 15.3. The average Bonchev–Trinajstić information content (AvgIpc) is 2.34. The van der Waals surface area contributed by atoms with Crippen LogP contribution < -0.4 is 11.3 Å². The molecule has 0 spiro atoms. The predicted molar refractivity (Wildman–Crippen MR) is 83.8 cm³/mol. The van der Waals surface area contributed by atoms with Crippen LogP contribution in [0.15, 0.2) is 0 Å². The Hall–Kier alpha value is -0.120. The van der Waals surface area contributed by atoms with Crippen molar-refractivity contribution in [3.8, 4) is 0 Å². The molecule has 3 heteroatoms. The summed E-state index contributed by atoms with van der Waals surface area (Å²) in [5.41, 5.74) is 3.37. The SMILES string of the molecule is CCC(CC)(C(NN)C1CC(C)CC(C)C1)N(C)C. The zero-order valence-corrected chi connectivity index (χ0v) is 13.9. The van der Waals surface area contributed by atoms with Crippen molar-refractivity contribution in [2.45, 2.75) is 71.4 Å². The van der Waals surface area contributed by atoms with Crippen LogP contribution >= 0.6 is 0 Å². The van der Waals surface area contributed by atoms with Gasteiger partial charge in [-0.15, -0.1) is 0 Å². The summed E-state index contributed by atoms with van der Waals surface area (Å²) in [6.45, 7) is 9.38. The van der Waals surface area contributed by atoms with E-state index in [1.54, 1.807) is 0 Å². The summed E-state index contributed by atoms with van der Waals surface area (Å²) in [6, 6.07) is 0.391. The van der Waals surface area contributed by atoms with Crippen LogP contribution in [0.2, 0.25) is 0 Å². The molecule has 1 aliphatic carbocycles. The Morgan fingerprint density at radius 2 is 1.58 bits per heavy atom. The molecule has 0 aromatic carbocycles. The smallest absolute Gasteiger partial charge is 0.0422 e. The van der Waals surface area contributed by atoms with Crippen LogP contribution in [-0.4, -0.2) is 30.6 Å². The van der Waals surface area contributed by atoms with Gasteiger partial charge in [0.25, 0.3) is 0 Å². The maximum atomic E-state index is 5.99. The fourth-order valence-electron chi connectivity index (χ4n) is 4.61. The fraction of sp³-hybridized carbons (Fsp3) is 1.00. The first-order valence-electron chi connectivity index (χ1n) is 8.04. The highest BCUT2D eigenvalue weighted by Crippen LogP contribution is 2.40. The van der Waals surface area contributed by atoms with Crippen molar-refractivity contribution in [3.05, 3.63) is 0 Å². The van der Waals surface area contributed by atoms with Gasteiger partial charge in [-0.2, -0.15) is 0 Å². The summed E-state index contributed by atoms with van der Waals surface area (Å²) in [7, 11) is 4.40. The van der Waals surface area contributed by atoms with Gasteiger partial charge in [0.2, 0.25) is 0 Å². The minimum absolute atomic E-state index is 0.177. The molecule has 0 aliphatic heterocycles. The summed E-state index contributed by atoms with van der Waals surface area (Å²) < 4.78 is 0. The van der Waals surface area contributed by atoms with Gasteiger partial charge in [-0.05, 0) is 64.0 Å². The summed E-state index contributed by atoms with van der Waals surface area (Å²) in [5, 5.41) is 0. The largest absolute Gasteiger partial charge is 0.302 e. The van der Waals surface area contributed by atoms with Crippen LogP contribution in [0.1, 0.15) is 59.8 Å². The first-order chi connectivity index (χ1) is 8.91. The van der Waals surface area contributed by atoms with Gasteiger partial charge < -0.3 is 4.90 Å². The Morgan fingerprint density at radius 1 is 1.11 bits per heavy atom. The Labute approximate surface area is 120 Å². The van der Waals surface area contributed by atoms with Gasteiger partial charge in [0.15, 0.2) is 0 Å². The van der Waals surface area contributed by atoms with E-state index in [1.165, 1.54) is 19.3 Å². The Balaban J connectivity index is 2.96. The van der Waals surface area contributed by atoms with Crippen LogP contribution in [0, 0.1) is 17.8 Å². The molecule has 0 aromatic heterocycles. The highest BCUT2D eigenvalue weighted by molar-refractivity contribution is 5.00. The van der Waals surface area contributed by atoms with E-state index in [0.717, 1.165) is 24.7 Å². The van der Waals surface area contributed by atoms with E-state index in [0.29, 0.717) is 12.0 Å². The van der Waals surface area contributed by atoms with Gasteiger partial charge in [-0.1, -0.05) is 27.7 Å². The van der Waals surface area contributed by atoms with Crippen molar-refractivity contribution >= 4 is 0 Å². The summed E-state index contributed by atoms with van der Waals surface area (Å²) in [6.07, 6.45) is 6.29. The van der Waals surface area contributed by atoms with Crippen molar-refractivity contribution < 1.29 is 0 Å². The van der Waals surface area contributed by atoms with Crippen molar-refractivity contribution in [3.63, 3.8) is 0 Å². The molecule has 0 aromatic rings. The second-order valence-electron chi connectivity index (χ2n) is 7.03. The Bertz CT molecular complexity index is 251. The molecule has 3 atom stereocenters. The summed E-state index contributed by atoms with van der Waals surface area (Å²) in [5.74, 6) is 8.36. The molecule has 0 bridgehead atoms. The molecule has 1 rings (SSSR count). The lowest BCUT2D eigenvalue weighted by atomic mass is 9.67. The van der Waals surface area contributed by atoms with E-state index < -0.39 is 0 Å². The van der Waals surface area contributed by atoms with E-state index >= 15 is 0 Å². The quantitative estimate of drug-likeness (QED) is 0.575. The molecule has 3 nitrogen and oxygen atoms in total. The third kappa shape index (κ3) is 3.50. The summed E-state index contributed by atoms with van der Waals surface area (Å²) in [4.78, 5) is 2.39. The van der Waals surface area contributed by atoms with E-state index in [-0.39, 0.29) is 5.54 Å². The lowest BCUT2D eigenvalue weighted by Gasteiger charge is -2.50. The van der Waals surface area contributed by atoms with Crippen LogP contribution in [-0.2, 0) is 0 Å². The third-order valence-corrected chi connectivity index (χ3v) is 5.56. The van der Waals surface area contributed by atoms with Crippen LogP contribution in [0.3, 0.4) is 0 Å². The Kier molecular flexibility index (Phi) is 6.28. The number of likely N-dealkylation sites (N-methyl/N-ethyl adjacent to an activating group) is 1. The minimum atomic E-state index is 0.177. The first-order valence-corrected chi connectivity index (χ1v) is 8.04. The lowest BCUT2D eigenvalue weighted by Crippen LogP contribution is -2.63. The van der Waals surface area contributed by atoms with Crippen LogP contribution in [0.25, 0.3) is 0 Å². The van der Waals surface area contributed by atoms with Crippen LogP contribution in [0.5, 0.6) is 0 Å². The van der Waals surface area contributed by atoms with E-state index in [9.17, 15) is 0 Å². The van der Waals surface area contributed by atoms with Crippen LogP contribution in [0.4, 0.5) is 0 Å². The normalized spacial score (nSPS) is 30.6. The second-order valence-corrected chi connectivity index (χ2v) is 7.03. The number of nitrogens with two attached hydrogens (primary N) is 1. The maximum absolute atomic E-state index is 5.99. The topological polar surface area (TPSA) is 41.3 Å². The third-order valence-electron chi connectivity index (χ3n) is 5.56. The molecule has 0 radical (unpaired) electrons. The average molecular weight is 269 g/mol. The molecule has 1 saturated carbocycles. The van der Waals surface area contributed by atoms with E-state index in [1.807, 2.05) is 0 Å². The molecule has 19 heavy (non-hydrogen) atoms. The molecule has 1 fully saturated rings. The zero-order chi connectivity index (χ0) is 14.6. The molecule has 0 saturated heterocycles. The number of rotatable bonds is 6. The molecule has 0 heterocycles. The minimum Gasteiger partial charge on any atom is -0.302 e. The van der Waals surface area contributed by atoms with Crippen molar-refractivity contribution in [2.75, 3.05) is 14.1 Å². The zero-order valence-electron chi connectivity index (χ0n) is 13.9. The molecule has 114 valence electrons. The van der Waals surface area contributed by atoms with Gasteiger partial charge in [0.05, 0.1) is 0 Å². The number of hydrogen-bond acceptors (Lipinski definition) is 3.